The van der Waals surface area contributed by atoms with Crippen molar-refractivity contribution in [1.82, 2.24) is 58.6 Å². The second-order valence-corrected chi connectivity index (χ2v) is 55.9. The van der Waals surface area contributed by atoms with Crippen LogP contribution in [0.1, 0.15) is 103 Å². The van der Waals surface area contributed by atoms with E-state index in [1.165, 1.54) is 0 Å². The minimum Gasteiger partial charge on any atom is -0.494 e. The van der Waals surface area contributed by atoms with Gasteiger partial charge in [0.2, 0.25) is 0 Å². The molecule has 28 heteroatoms. The number of rotatable bonds is 29. The minimum absolute atomic E-state index is 0.00138. The quantitative estimate of drug-likeness (QED) is 0.0185. The van der Waals surface area contributed by atoms with Gasteiger partial charge in [0.25, 0.3) is 0 Å². The maximum atomic E-state index is 13.3. The Morgan fingerprint density at radius 2 is 0.927 bits per heavy atom. The smallest absolute Gasteiger partial charge is 0.410 e. The lowest BCUT2D eigenvalue weighted by Crippen LogP contribution is -2.42. The van der Waals surface area contributed by atoms with E-state index >= 15 is 0 Å². The number of fused-ring (bicyclic) bond motifs is 2. The van der Waals surface area contributed by atoms with Crippen molar-refractivity contribution in [2.75, 3.05) is 95.9 Å². The van der Waals surface area contributed by atoms with E-state index in [9.17, 15) is 9.59 Å². The van der Waals surface area contributed by atoms with E-state index in [1.54, 1.807) is 14.3 Å². The second-order valence-electron chi connectivity index (χ2n) is 32.6. The van der Waals surface area contributed by atoms with Gasteiger partial charge in [-0.1, -0.05) is 85.1 Å². The van der Waals surface area contributed by atoms with Crippen molar-refractivity contribution < 1.29 is 42.7 Å². The number of carbonyl (C=O) groups is 2. The third-order valence-corrected chi connectivity index (χ3v) is 23.9. The van der Waals surface area contributed by atoms with Crippen LogP contribution in [0.15, 0.2) is 48.2 Å². The van der Waals surface area contributed by atoms with Gasteiger partial charge in [0, 0.05) is 145 Å². The number of anilines is 2. The number of nitrogens with zero attached hydrogens (tertiary/aromatic N) is 14. The molecule has 8 rings (SSSR count). The fourth-order valence-corrected chi connectivity index (χ4v) is 14.9. The molecule has 534 valence electrons. The van der Waals surface area contributed by atoms with Crippen LogP contribution in [0.25, 0.3) is 39.3 Å². The van der Waals surface area contributed by atoms with Crippen molar-refractivity contribution in [3.8, 4) is 22.3 Å². The van der Waals surface area contributed by atoms with Gasteiger partial charge in [-0.2, -0.15) is 29.4 Å². The Bertz CT molecular complexity index is 3490. The van der Waals surface area contributed by atoms with E-state index < -0.39 is 43.5 Å². The third-order valence-electron chi connectivity index (χ3n) is 16.4. The molecule has 0 bridgehead atoms. The second kappa shape index (κ2) is 33.1. The van der Waals surface area contributed by atoms with Crippen LogP contribution >= 0.6 is 15.9 Å². The summed E-state index contributed by atoms with van der Waals surface area (Å²) in [6, 6.07) is 4.24. The van der Waals surface area contributed by atoms with E-state index in [4.69, 9.17) is 53.3 Å². The van der Waals surface area contributed by atoms with Crippen molar-refractivity contribution in [2.24, 2.45) is 14.1 Å². The number of hydrogen-bond donors (Lipinski definition) is 0. The van der Waals surface area contributed by atoms with Crippen LogP contribution in [0, 0.1) is 0 Å². The van der Waals surface area contributed by atoms with E-state index in [2.05, 4.69) is 121 Å². The molecular formula is C68H115BrN14O9Si4. The Morgan fingerprint density at radius 3 is 1.28 bits per heavy atom. The molecule has 0 aliphatic carbocycles. The zero-order valence-corrected chi connectivity index (χ0v) is 67.6. The highest BCUT2D eigenvalue weighted by Crippen LogP contribution is 2.42. The number of aryl methyl sites for hydroxylation is 2. The highest BCUT2D eigenvalue weighted by Gasteiger charge is 2.37. The molecular weight excluding hydrogens is 1350 g/mol. The molecule has 2 amide bonds. The van der Waals surface area contributed by atoms with Crippen molar-refractivity contribution in [1.29, 1.82) is 0 Å². The average Bonchev–Trinajstić information content (AvgIpc) is 1.48. The Morgan fingerprint density at radius 1 is 0.562 bits per heavy atom. The first-order valence-electron chi connectivity index (χ1n) is 34.3. The van der Waals surface area contributed by atoms with Crippen LogP contribution in [-0.4, -0.2) is 200 Å². The fourth-order valence-electron chi connectivity index (χ4n) is 11.1. The normalized spacial score (nSPS) is 16.1. The summed E-state index contributed by atoms with van der Waals surface area (Å²) in [5, 5.41) is 18.6. The minimum atomic E-state index is -1.32. The summed E-state index contributed by atoms with van der Waals surface area (Å²) in [6.07, 6.45) is 14.1. The van der Waals surface area contributed by atoms with E-state index in [0.717, 1.165) is 111 Å². The molecule has 23 nitrogen and oxygen atoms in total. The molecule has 2 saturated heterocycles. The molecule has 0 spiro atoms. The van der Waals surface area contributed by atoms with E-state index in [0.29, 0.717) is 97.5 Å². The first-order valence-corrected chi connectivity index (χ1v) is 50.0. The molecule has 2 aliphatic heterocycles. The molecule has 2 fully saturated rings. The summed E-state index contributed by atoms with van der Waals surface area (Å²) in [4.78, 5) is 44.9. The molecule has 6 aromatic rings. The number of likely N-dealkylation sites (tertiary alicyclic amines) is 2. The third kappa shape index (κ3) is 23.1. The molecule has 2 aliphatic rings. The molecule has 2 unspecified atom stereocenters. The molecule has 0 aromatic carbocycles. The van der Waals surface area contributed by atoms with Crippen LogP contribution in [-0.2, 0) is 47.3 Å². The van der Waals surface area contributed by atoms with Gasteiger partial charge in [0.15, 0.2) is 17.1 Å². The van der Waals surface area contributed by atoms with Gasteiger partial charge in [-0.05, 0) is 114 Å². The van der Waals surface area contributed by atoms with Gasteiger partial charge in [0.05, 0.1) is 52.8 Å². The monoisotopic (exact) mass is 1460 g/mol. The van der Waals surface area contributed by atoms with Crippen LogP contribution in [0.3, 0.4) is 0 Å². The van der Waals surface area contributed by atoms with Crippen LogP contribution < -0.4 is 9.80 Å². The van der Waals surface area contributed by atoms with Crippen molar-refractivity contribution in [3.63, 3.8) is 0 Å². The molecule has 0 radical (unpaired) electrons. The average molecular weight is 1470 g/mol. The van der Waals surface area contributed by atoms with E-state index in [-0.39, 0.29) is 24.0 Å². The first kappa shape index (κ1) is 77.9. The number of hydrogen-bond acceptors (Lipinski definition) is 17. The maximum Gasteiger partial charge on any atom is 0.410 e. The predicted octanol–water partition coefficient (Wildman–Crippen LogP) is 15.1. The topological polar surface area (TPSA) is 208 Å². The number of piperidine rings is 2. The largest absolute Gasteiger partial charge is 0.494 e. The predicted molar refractivity (Wildman–Crippen MR) is 399 cm³/mol. The SMILES string of the molecule is C=C(OCC)c1c(C2CCCN(C(=O)OC(C)(C)C)C2)nc2c(-c3cnn(C)c3)cnn2c1N(COCC[Si](C)(C)C)COCC[Si](C)(C)C.Cn1cc(-c2cnn3c(N(COCC[Si](C)(C)C)COCC[Si](C)(C)C)c(Br)c(C4CCCN(C(=O)OC(C)(C)C)C4)nc23)cn1. The van der Waals surface area contributed by atoms with Gasteiger partial charge in [0.1, 0.15) is 49.7 Å². The van der Waals surface area contributed by atoms with E-state index in [1.807, 2.05) is 114 Å². The van der Waals surface area contributed by atoms with Crippen molar-refractivity contribution >= 4 is 89.1 Å². The molecule has 96 heavy (non-hydrogen) atoms. The summed E-state index contributed by atoms with van der Waals surface area (Å²) in [5.41, 5.74) is 6.29. The first-order chi connectivity index (χ1) is 44.8. The summed E-state index contributed by atoms with van der Waals surface area (Å²) in [7, 11) is -1.38. The maximum absolute atomic E-state index is 13.3. The number of ether oxygens (including phenoxy) is 7. The Hall–Kier alpha value is -5.47. The number of amides is 2. The number of halogens is 1. The lowest BCUT2D eigenvalue weighted by Gasteiger charge is -2.35. The van der Waals surface area contributed by atoms with Gasteiger partial charge in [-0.25, -0.2) is 19.6 Å². The molecule has 6 aromatic heterocycles. The zero-order valence-electron chi connectivity index (χ0n) is 62.0. The highest BCUT2D eigenvalue weighted by atomic mass is 79.9. The van der Waals surface area contributed by atoms with Crippen molar-refractivity contribution in [3.05, 3.63) is 65.2 Å². The van der Waals surface area contributed by atoms with Gasteiger partial charge >= 0.3 is 12.2 Å². The fraction of sp³-hybridized carbons (Fsp3) is 0.676. The number of carbonyl (C=O) groups excluding carboxylic acids is 2. The standard InChI is InChI=1S/C36H61N7O5Si2.C32H54BrN7O4Si2/c1-13-47-27(2)31-32(28-15-14-16-41(24-28)35(44)48-36(3,4)5)39-33-30(29-21-37-40(6)23-29)22-38-43(33)34(31)42(25-45-17-19-49(7,8)9)26-46-18-20-50(10,11)12;1-32(2,3)44-31(41)38-13-11-12-24(21-38)28-27(33)30(40-29(36-28)26(19-35-40)25-18-34-37(4)20-25)39(22-42-14-16-45(5,6)7)23-43-15-17-46(8,9)10/h21-23,28H,2,13-20,24-26H2,1,3-12H3;18-20,24H,11-17,21-23H2,1-10H3. The van der Waals surface area contributed by atoms with Crippen molar-refractivity contribution in [2.45, 2.75) is 200 Å². The molecule has 2 atom stereocenters. The van der Waals surface area contributed by atoms with Crippen LogP contribution in [0.2, 0.25) is 103 Å². The summed E-state index contributed by atoms with van der Waals surface area (Å²) in [5.74, 6) is 1.96. The molecule has 8 heterocycles. The lowest BCUT2D eigenvalue weighted by atomic mass is 9.91. The molecule has 0 saturated carbocycles. The molecule has 0 N–H and O–H groups in total. The number of aromatic nitrogens is 10. The van der Waals surface area contributed by atoms with Gasteiger partial charge < -0.3 is 52.8 Å². The van der Waals surface area contributed by atoms with Crippen LogP contribution in [0.4, 0.5) is 21.2 Å². The van der Waals surface area contributed by atoms with Gasteiger partial charge in [-0.15, -0.1) is 0 Å². The zero-order chi connectivity index (χ0) is 70.7. The Balaban J connectivity index is 0.000000272. The lowest BCUT2D eigenvalue weighted by molar-refractivity contribution is 0.0187. The van der Waals surface area contributed by atoms with Crippen LogP contribution in [0.5, 0.6) is 0 Å². The summed E-state index contributed by atoms with van der Waals surface area (Å²) in [6.45, 7) is 52.7. The highest BCUT2D eigenvalue weighted by molar-refractivity contribution is 9.10. The Labute approximate surface area is 584 Å². The summed E-state index contributed by atoms with van der Waals surface area (Å²) < 4.78 is 51.4. The van der Waals surface area contributed by atoms with Gasteiger partial charge in [-0.3, -0.25) is 9.36 Å². The Kier molecular flexibility index (Phi) is 26.9. The summed E-state index contributed by atoms with van der Waals surface area (Å²) >= 11 is 3.98.